The Morgan fingerprint density at radius 2 is 1.86 bits per heavy atom. The molecule has 0 radical (unpaired) electrons. The van der Waals surface area contributed by atoms with Crippen LogP contribution in [0.4, 0.5) is 0 Å². The van der Waals surface area contributed by atoms with Crippen LogP contribution in [0.25, 0.3) is 0 Å². The fourth-order valence-electron chi connectivity index (χ4n) is 4.02. The lowest BCUT2D eigenvalue weighted by atomic mass is 10.0. The Balaban J connectivity index is 1.91. The molecule has 0 spiro atoms. The van der Waals surface area contributed by atoms with Crippen molar-refractivity contribution in [3.63, 3.8) is 0 Å². The van der Waals surface area contributed by atoms with E-state index < -0.39 is 0 Å². The van der Waals surface area contributed by atoms with Crippen molar-refractivity contribution >= 4 is 0 Å². The Bertz CT molecular complexity index is 284. The van der Waals surface area contributed by atoms with Gasteiger partial charge in [0.1, 0.15) is 0 Å². The summed E-state index contributed by atoms with van der Waals surface area (Å²) < 4.78 is 0. The van der Waals surface area contributed by atoms with Gasteiger partial charge in [0, 0.05) is 31.2 Å². The van der Waals surface area contributed by atoms with Crippen molar-refractivity contribution in [3.8, 4) is 0 Å². The first-order chi connectivity index (χ1) is 10.1. The van der Waals surface area contributed by atoms with E-state index in [1.165, 1.54) is 64.8 Å². The van der Waals surface area contributed by atoms with Gasteiger partial charge < -0.3 is 10.2 Å². The maximum absolute atomic E-state index is 3.69. The number of likely N-dealkylation sites (tertiary alicyclic amines) is 1. The molecule has 0 bridgehead atoms. The van der Waals surface area contributed by atoms with Gasteiger partial charge >= 0.3 is 0 Å². The van der Waals surface area contributed by atoms with Crippen molar-refractivity contribution in [2.24, 2.45) is 5.92 Å². The minimum absolute atomic E-state index is 0.707. The summed E-state index contributed by atoms with van der Waals surface area (Å²) in [7, 11) is 0. The molecule has 3 heteroatoms. The van der Waals surface area contributed by atoms with Crippen LogP contribution in [0.15, 0.2) is 0 Å². The van der Waals surface area contributed by atoms with Crippen LogP contribution in [-0.4, -0.2) is 60.6 Å². The van der Waals surface area contributed by atoms with Gasteiger partial charge in [-0.3, -0.25) is 4.90 Å². The summed E-state index contributed by atoms with van der Waals surface area (Å²) in [6, 6.07) is 2.26. The molecule has 2 atom stereocenters. The Hall–Kier alpha value is -0.120. The largest absolute Gasteiger partial charge is 0.313 e. The summed E-state index contributed by atoms with van der Waals surface area (Å²) in [6.07, 6.45) is 6.86. The molecule has 21 heavy (non-hydrogen) atoms. The van der Waals surface area contributed by atoms with E-state index in [0.717, 1.165) is 18.0 Å². The molecule has 2 unspecified atom stereocenters. The van der Waals surface area contributed by atoms with Gasteiger partial charge in [-0.1, -0.05) is 13.8 Å². The molecular weight excluding hydrogens is 258 g/mol. The predicted octanol–water partition coefficient (Wildman–Crippen LogP) is 2.96. The van der Waals surface area contributed by atoms with Crippen LogP contribution in [0.2, 0.25) is 0 Å². The zero-order valence-corrected chi connectivity index (χ0v) is 14.8. The zero-order valence-electron chi connectivity index (χ0n) is 14.8. The van der Waals surface area contributed by atoms with E-state index in [-0.39, 0.29) is 0 Å². The summed E-state index contributed by atoms with van der Waals surface area (Å²) in [5.41, 5.74) is 0. The van der Waals surface area contributed by atoms with Crippen LogP contribution < -0.4 is 5.32 Å². The second-order valence-electron chi connectivity index (χ2n) is 7.86. The molecule has 0 aromatic carbocycles. The van der Waals surface area contributed by atoms with Gasteiger partial charge in [-0.2, -0.15) is 0 Å². The van der Waals surface area contributed by atoms with Crippen LogP contribution >= 0.6 is 0 Å². The second kappa shape index (κ2) is 8.50. The Kier molecular flexibility index (Phi) is 6.97. The first-order valence-electron chi connectivity index (χ1n) is 9.27. The Morgan fingerprint density at radius 3 is 2.48 bits per heavy atom. The van der Waals surface area contributed by atoms with Crippen molar-refractivity contribution in [1.82, 2.24) is 15.1 Å². The molecular formula is C18H37N3. The van der Waals surface area contributed by atoms with E-state index in [0.29, 0.717) is 6.04 Å². The third-order valence-corrected chi connectivity index (χ3v) is 5.20. The minimum atomic E-state index is 0.707. The van der Waals surface area contributed by atoms with Crippen LogP contribution in [-0.2, 0) is 0 Å². The summed E-state index contributed by atoms with van der Waals surface area (Å²) in [5, 5.41) is 3.69. The third kappa shape index (κ3) is 5.54. The highest BCUT2D eigenvalue weighted by Crippen LogP contribution is 2.21. The van der Waals surface area contributed by atoms with Gasteiger partial charge in [-0.25, -0.2) is 0 Å². The number of hydrogen-bond acceptors (Lipinski definition) is 3. The minimum Gasteiger partial charge on any atom is -0.313 e. The molecule has 2 saturated heterocycles. The van der Waals surface area contributed by atoms with Gasteiger partial charge in [0.15, 0.2) is 0 Å². The lowest BCUT2D eigenvalue weighted by Crippen LogP contribution is -2.45. The molecule has 2 aliphatic heterocycles. The molecule has 1 N–H and O–H groups in total. The number of nitrogens with zero attached hydrogens (tertiary/aromatic N) is 2. The van der Waals surface area contributed by atoms with Crippen molar-refractivity contribution < 1.29 is 0 Å². The summed E-state index contributed by atoms with van der Waals surface area (Å²) in [6.45, 7) is 15.8. The molecule has 3 nitrogen and oxygen atoms in total. The Morgan fingerprint density at radius 1 is 1.05 bits per heavy atom. The SMILES string of the molecule is CC(C)CN(CC1CCCN1)C1CCCN(C(C)C)CC1. The maximum Gasteiger partial charge on any atom is 0.0195 e. The van der Waals surface area contributed by atoms with Crippen LogP contribution in [0, 0.1) is 5.92 Å². The smallest absolute Gasteiger partial charge is 0.0195 e. The quantitative estimate of drug-likeness (QED) is 0.813. The van der Waals surface area contributed by atoms with Crippen molar-refractivity contribution in [1.29, 1.82) is 0 Å². The van der Waals surface area contributed by atoms with E-state index in [1.807, 2.05) is 0 Å². The highest BCUT2D eigenvalue weighted by atomic mass is 15.2. The number of rotatable bonds is 6. The lowest BCUT2D eigenvalue weighted by molar-refractivity contribution is 0.143. The second-order valence-corrected chi connectivity index (χ2v) is 7.86. The van der Waals surface area contributed by atoms with Gasteiger partial charge in [-0.05, 0) is 71.5 Å². The Labute approximate surface area is 132 Å². The first kappa shape index (κ1) is 17.2. The van der Waals surface area contributed by atoms with E-state index in [2.05, 4.69) is 42.8 Å². The lowest BCUT2D eigenvalue weighted by Gasteiger charge is -2.34. The average molecular weight is 296 g/mol. The molecule has 124 valence electrons. The molecule has 2 heterocycles. The molecule has 2 aliphatic rings. The van der Waals surface area contributed by atoms with E-state index in [1.54, 1.807) is 0 Å². The fraction of sp³-hybridized carbons (Fsp3) is 1.00. The molecule has 0 amide bonds. The highest BCUT2D eigenvalue weighted by molar-refractivity contribution is 4.84. The molecule has 0 saturated carbocycles. The molecule has 2 fully saturated rings. The van der Waals surface area contributed by atoms with Gasteiger partial charge in [-0.15, -0.1) is 0 Å². The number of nitrogens with one attached hydrogen (secondary N) is 1. The summed E-state index contributed by atoms with van der Waals surface area (Å²) >= 11 is 0. The van der Waals surface area contributed by atoms with Crippen molar-refractivity contribution in [2.45, 2.75) is 77.9 Å². The zero-order chi connectivity index (χ0) is 15.2. The van der Waals surface area contributed by atoms with Crippen LogP contribution in [0.3, 0.4) is 0 Å². The first-order valence-corrected chi connectivity index (χ1v) is 9.27. The standard InChI is InChI=1S/C18H37N3/c1-15(2)13-21(14-17-7-5-10-19-17)18-8-6-11-20(12-9-18)16(3)4/h15-19H,5-14H2,1-4H3. The fourth-order valence-corrected chi connectivity index (χ4v) is 4.02. The monoisotopic (exact) mass is 295 g/mol. The summed E-state index contributed by atoms with van der Waals surface area (Å²) in [5.74, 6) is 0.774. The molecule has 0 aromatic heterocycles. The predicted molar refractivity (Wildman–Crippen MR) is 91.8 cm³/mol. The third-order valence-electron chi connectivity index (χ3n) is 5.20. The van der Waals surface area contributed by atoms with Crippen LogP contribution in [0.5, 0.6) is 0 Å². The summed E-state index contributed by atoms with van der Waals surface area (Å²) in [4.78, 5) is 5.48. The van der Waals surface area contributed by atoms with Gasteiger partial charge in [0.25, 0.3) is 0 Å². The maximum atomic E-state index is 3.69. The normalized spacial score (nSPS) is 28.7. The highest BCUT2D eigenvalue weighted by Gasteiger charge is 2.27. The topological polar surface area (TPSA) is 18.5 Å². The van der Waals surface area contributed by atoms with Gasteiger partial charge in [0.05, 0.1) is 0 Å². The molecule has 0 aliphatic carbocycles. The van der Waals surface area contributed by atoms with Gasteiger partial charge in [0.2, 0.25) is 0 Å². The van der Waals surface area contributed by atoms with Crippen molar-refractivity contribution in [2.75, 3.05) is 32.7 Å². The van der Waals surface area contributed by atoms with Crippen LogP contribution in [0.1, 0.15) is 59.8 Å². The average Bonchev–Trinajstić information content (AvgIpc) is 2.79. The van der Waals surface area contributed by atoms with E-state index >= 15 is 0 Å². The number of hydrogen-bond donors (Lipinski definition) is 1. The van der Waals surface area contributed by atoms with Crippen molar-refractivity contribution in [3.05, 3.63) is 0 Å². The molecule has 0 aromatic rings. The van der Waals surface area contributed by atoms with E-state index in [4.69, 9.17) is 0 Å². The van der Waals surface area contributed by atoms with E-state index in [9.17, 15) is 0 Å². The molecule has 2 rings (SSSR count).